The van der Waals surface area contributed by atoms with E-state index in [1.54, 1.807) is 31.1 Å². The van der Waals surface area contributed by atoms with Crippen molar-refractivity contribution in [1.82, 2.24) is 15.0 Å². The van der Waals surface area contributed by atoms with Crippen LogP contribution in [0.5, 0.6) is 0 Å². The Hall–Kier alpha value is -2.43. The lowest BCUT2D eigenvalue weighted by Crippen LogP contribution is -2.18. The van der Waals surface area contributed by atoms with Crippen LogP contribution >= 0.6 is 0 Å². The van der Waals surface area contributed by atoms with Gasteiger partial charge in [0.15, 0.2) is 0 Å². The molecular weight excluding hydrogens is 228 g/mol. The molecule has 0 saturated heterocycles. The van der Waals surface area contributed by atoms with E-state index in [0.29, 0.717) is 6.54 Å². The van der Waals surface area contributed by atoms with E-state index >= 15 is 0 Å². The van der Waals surface area contributed by atoms with Crippen LogP contribution in [0.1, 0.15) is 5.69 Å². The smallest absolute Gasteiger partial charge is 0.139 e. The van der Waals surface area contributed by atoms with Crippen LogP contribution in [0.15, 0.2) is 47.6 Å². The lowest BCUT2D eigenvalue weighted by Gasteiger charge is -2.17. The summed E-state index contributed by atoms with van der Waals surface area (Å²) in [5.74, 6) is 0.881. The van der Waals surface area contributed by atoms with E-state index in [4.69, 9.17) is 4.42 Å². The average molecular weight is 240 g/mol. The standard InChI is InChI=1S/C13H12N4O/c1-17(9-10-8-14-5-6-15-10)13-11-3-7-18-12(11)2-4-16-13/h2-8H,9H2,1H3. The molecule has 0 atom stereocenters. The number of anilines is 1. The minimum atomic E-state index is 0.658. The molecule has 0 aliphatic rings. The van der Waals surface area contributed by atoms with Gasteiger partial charge in [0.2, 0.25) is 0 Å². The third-order valence-electron chi connectivity index (χ3n) is 2.74. The van der Waals surface area contributed by atoms with Gasteiger partial charge in [0.25, 0.3) is 0 Å². The Morgan fingerprint density at radius 1 is 1.17 bits per heavy atom. The number of nitrogens with zero attached hydrogens (tertiary/aromatic N) is 4. The largest absolute Gasteiger partial charge is 0.464 e. The zero-order valence-corrected chi connectivity index (χ0v) is 9.95. The Morgan fingerprint density at radius 3 is 2.94 bits per heavy atom. The van der Waals surface area contributed by atoms with E-state index < -0.39 is 0 Å². The van der Waals surface area contributed by atoms with E-state index in [9.17, 15) is 0 Å². The zero-order chi connectivity index (χ0) is 12.4. The summed E-state index contributed by atoms with van der Waals surface area (Å²) in [5, 5.41) is 1.00. The summed E-state index contributed by atoms with van der Waals surface area (Å²) in [6.07, 6.45) is 8.53. The Morgan fingerprint density at radius 2 is 2.11 bits per heavy atom. The van der Waals surface area contributed by atoms with Crippen LogP contribution in [0.25, 0.3) is 11.0 Å². The number of fused-ring (bicyclic) bond motifs is 1. The van der Waals surface area contributed by atoms with Gasteiger partial charge in [-0.2, -0.15) is 0 Å². The van der Waals surface area contributed by atoms with E-state index in [1.165, 1.54) is 0 Å². The average Bonchev–Trinajstić information content (AvgIpc) is 2.87. The summed E-state index contributed by atoms with van der Waals surface area (Å²) in [6, 6.07) is 3.78. The van der Waals surface area contributed by atoms with Crippen molar-refractivity contribution in [2.24, 2.45) is 0 Å². The molecule has 3 heterocycles. The number of rotatable bonds is 3. The summed E-state index contributed by atoms with van der Waals surface area (Å²) < 4.78 is 5.36. The maximum Gasteiger partial charge on any atom is 0.139 e. The molecule has 0 saturated carbocycles. The molecule has 0 aliphatic carbocycles. The van der Waals surface area contributed by atoms with Gasteiger partial charge in [-0.1, -0.05) is 0 Å². The molecule has 3 aromatic heterocycles. The Bertz CT molecular complexity index is 650. The molecule has 5 heteroatoms. The van der Waals surface area contributed by atoms with Crippen LogP contribution in [0, 0.1) is 0 Å². The van der Waals surface area contributed by atoms with E-state index in [1.807, 2.05) is 24.1 Å². The molecule has 3 aromatic rings. The summed E-state index contributed by atoms with van der Waals surface area (Å²) in [7, 11) is 1.98. The fourth-order valence-corrected chi connectivity index (χ4v) is 1.91. The summed E-state index contributed by atoms with van der Waals surface area (Å²) in [6.45, 7) is 0.658. The molecular formula is C13H12N4O. The monoisotopic (exact) mass is 240 g/mol. The first-order chi connectivity index (χ1) is 8.84. The lowest BCUT2D eigenvalue weighted by molar-refractivity contribution is 0.615. The molecule has 18 heavy (non-hydrogen) atoms. The fourth-order valence-electron chi connectivity index (χ4n) is 1.91. The van der Waals surface area contributed by atoms with Crippen molar-refractivity contribution in [3.05, 3.63) is 48.9 Å². The van der Waals surface area contributed by atoms with Gasteiger partial charge in [0.1, 0.15) is 11.4 Å². The third kappa shape index (κ3) is 1.90. The number of hydrogen-bond donors (Lipinski definition) is 0. The van der Waals surface area contributed by atoms with Gasteiger partial charge in [-0.3, -0.25) is 9.97 Å². The predicted molar refractivity (Wildman–Crippen MR) is 68.1 cm³/mol. The van der Waals surface area contributed by atoms with Gasteiger partial charge in [-0.25, -0.2) is 4.98 Å². The van der Waals surface area contributed by atoms with Gasteiger partial charge in [0.05, 0.1) is 30.1 Å². The van der Waals surface area contributed by atoms with Gasteiger partial charge in [-0.05, 0) is 12.1 Å². The topological polar surface area (TPSA) is 55.1 Å². The van der Waals surface area contributed by atoms with Gasteiger partial charge < -0.3 is 9.32 Å². The number of pyridine rings is 1. The highest BCUT2D eigenvalue weighted by atomic mass is 16.3. The summed E-state index contributed by atoms with van der Waals surface area (Å²) >= 11 is 0. The van der Waals surface area contributed by atoms with Crippen LogP contribution < -0.4 is 4.90 Å². The van der Waals surface area contributed by atoms with Gasteiger partial charge >= 0.3 is 0 Å². The van der Waals surface area contributed by atoms with Gasteiger partial charge in [-0.15, -0.1) is 0 Å². The van der Waals surface area contributed by atoms with Crippen molar-refractivity contribution in [2.45, 2.75) is 6.54 Å². The summed E-state index contributed by atoms with van der Waals surface area (Å²) in [4.78, 5) is 14.7. The Kier molecular flexibility index (Phi) is 2.64. The first-order valence-electron chi connectivity index (χ1n) is 5.63. The first-order valence-corrected chi connectivity index (χ1v) is 5.63. The van der Waals surface area contributed by atoms with Crippen molar-refractivity contribution in [3.63, 3.8) is 0 Å². The molecule has 0 bridgehead atoms. The van der Waals surface area contributed by atoms with Crippen molar-refractivity contribution >= 4 is 16.8 Å². The molecule has 0 fully saturated rings. The first kappa shape index (κ1) is 10.7. The van der Waals surface area contributed by atoms with Crippen LogP contribution in [0.3, 0.4) is 0 Å². The number of aromatic nitrogens is 3. The Labute approximate surface area is 104 Å². The SMILES string of the molecule is CN(Cc1cnccn1)c1nccc2occc12. The van der Waals surface area contributed by atoms with Crippen LogP contribution in [0.4, 0.5) is 5.82 Å². The van der Waals surface area contributed by atoms with E-state index in [-0.39, 0.29) is 0 Å². The maximum absolute atomic E-state index is 5.36. The van der Waals surface area contributed by atoms with Crippen molar-refractivity contribution < 1.29 is 4.42 Å². The van der Waals surface area contributed by atoms with Crippen LogP contribution in [0.2, 0.25) is 0 Å². The van der Waals surface area contributed by atoms with Crippen molar-refractivity contribution in [1.29, 1.82) is 0 Å². The fraction of sp³-hybridized carbons (Fsp3) is 0.154. The maximum atomic E-state index is 5.36. The molecule has 0 spiro atoms. The molecule has 90 valence electrons. The van der Waals surface area contributed by atoms with Crippen molar-refractivity contribution in [2.75, 3.05) is 11.9 Å². The normalized spacial score (nSPS) is 10.7. The molecule has 5 nitrogen and oxygen atoms in total. The zero-order valence-electron chi connectivity index (χ0n) is 9.95. The van der Waals surface area contributed by atoms with Crippen molar-refractivity contribution in [3.8, 4) is 0 Å². The van der Waals surface area contributed by atoms with E-state index in [0.717, 1.165) is 22.5 Å². The molecule has 0 N–H and O–H groups in total. The minimum absolute atomic E-state index is 0.658. The predicted octanol–water partition coefficient (Wildman–Crippen LogP) is 2.25. The molecule has 0 aromatic carbocycles. The van der Waals surface area contributed by atoms with Gasteiger partial charge in [0, 0.05) is 25.6 Å². The second-order valence-electron chi connectivity index (χ2n) is 4.02. The highest BCUT2D eigenvalue weighted by Crippen LogP contribution is 2.24. The number of furan rings is 1. The minimum Gasteiger partial charge on any atom is -0.464 e. The molecule has 0 unspecified atom stereocenters. The molecule has 0 aliphatic heterocycles. The quantitative estimate of drug-likeness (QED) is 0.702. The van der Waals surface area contributed by atoms with E-state index in [2.05, 4.69) is 15.0 Å². The third-order valence-corrected chi connectivity index (χ3v) is 2.74. The molecule has 3 rings (SSSR count). The van der Waals surface area contributed by atoms with Crippen LogP contribution in [-0.4, -0.2) is 22.0 Å². The Balaban J connectivity index is 1.92. The molecule has 0 radical (unpaired) electrons. The second kappa shape index (κ2) is 4.44. The molecule has 0 amide bonds. The lowest BCUT2D eigenvalue weighted by atomic mass is 10.3. The second-order valence-corrected chi connectivity index (χ2v) is 4.02. The number of hydrogen-bond acceptors (Lipinski definition) is 5. The highest BCUT2D eigenvalue weighted by Gasteiger charge is 2.10. The van der Waals surface area contributed by atoms with Crippen LogP contribution in [-0.2, 0) is 6.54 Å². The summed E-state index contributed by atoms with van der Waals surface area (Å²) in [5.41, 5.74) is 1.74. The highest BCUT2D eigenvalue weighted by molar-refractivity contribution is 5.88.